The fourth-order valence-electron chi connectivity index (χ4n) is 0.964. The number of rotatable bonds is 3. The molecule has 0 spiro atoms. The number of hydrogen-bond acceptors (Lipinski definition) is 3. The van der Waals surface area contributed by atoms with Crippen molar-refractivity contribution in [3.8, 4) is 0 Å². The van der Waals surface area contributed by atoms with Gasteiger partial charge in [0.15, 0.2) is 0 Å². The molecule has 1 atom stereocenters. The third kappa shape index (κ3) is 1.67. The van der Waals surface area contributed by atoms with Crippen LogP contribution in [0.25, 0.3) is 0 Å². The van der Waals surface area contributed by atoms with E-state index >= 15 is 0 Å². The van der Waals surface area contributed by atoms with Crippen LogP contribution < -0.4 is 0 Å². The van der Waals surface area contributed by atoms with Crippen molar-refractivity contribution >= 4 is 5.94 Å². The Bertz CT molecular complexity index is 155. The molecule has 1 heterocycles. The number of nitrogens with zero attached hydrogens (tertiary/aromatic N) is 2. The van der Waals surface area contributed by atoms with E-state index in [1.165, 1.54) is 0 Å². The highest BCUT2D eigenvalue weighted by Gasteiger charge is 2.26. The van der Waals surface area contributed by atoms with Crippen LogP contribution >= 0.6 is 0 Å². The lowest BCUT2D eigenvalue weighted by molar-refractivity contribution is 0.230. The first-order valence-electron chi connectivity index (χ1n) is 3.37. The third-order valence-corrected chi connectivity index (χ3v) is 1.60. The Morgan fingerprint density at radius 2 is 2.20 bits per heavy atom. The zero-order valence-corrected chi connectivity index (χ0v) is 6.37. The first kappa shape index (κ1) is 7.48. The smallest absolute Gasteiger partial charge is 0.123 e. The molecule has 1 fully saturated rings. The van der Waals surface area contributed by atoms with Crippen LogP contribution in [0, 0.1) is 0 Å². The van der Waals surface area contributed by atoms with E-state index in [0.29, 0.717) is 0 Å². The maximum Gasteiger partial charge on any atom is 0.123 e. The van der Waals surface area contributed by atoms with Gasteiger partial charge in [-0.3, -0.25) is 9.80 Å². The average molecular weight is 140 g/mol. The second kappa shape index (κ2) is 2.97. The van der Waals surface area contributed by atoms with Gasteiger partial charge >= 0.3 is 0 Å². The van der Waals surface area contributed by atoms with Gasteiger partial charge < -0.3 is 0 Å². The van der Waals surface area contributed by atoms with Gasteiger partial charge in [0, 0.05) is 19.2 Å². The van der Waals surface area contributed by atoms with E-state index in [1.807, 2.05) is 24.9 Å². The zero-order valence-electron chi connectivity index (χ0n) is 6.37. The molecule has 0 aromatic carbocycles. The average Bonchev–Trinajstić information content (AvgIpc) is 2.63. The molecular formula is C7H12N2O. The van der Waals surface area contributed by atoms with Crippen molar-refractivity contribution in [1.29, 1.82) is 0 Å². The van der Waals surface area contributed by atoms with E-state index in [1.54, 1.807) is 6.08 Å². The Labute approximate surface area is 60.9 Å². The molecule has 1 saturated heterocycles. The van der Waals surface area contributed by atoms with Gasteiger partial charge in [-0.2, -0.15) is 0 Å². The van der Waals surface area contributed by atoms with Crippen LogP contribution in [0.5, 0.6) is 0 Å². The summed E-state index contributed by atoms with van der Waals surface area (Å²) in [6.07, 6.45) is 1.71. The van der Waals surface area contributed by atoms with Crippen LogP contribution in [0.15, 0.2) is 6.08 Å². The normalized spacial score (nSPS) is 20.3. The highest BCUT2D eigenvalue weighted by atomic mass is 16.1. The van der Waals surface area contributed by atoms with Gasteiger partial charge in [-0.05, 0) is 14.1 Å². The summed E-state index contributed by atoms with van der Waals surface area (Å²) in [5, 5.41) is 0. The molecule has 10 heavy (non-hydrogen) atoms. The number of likely N-dealkylation sites (N-methyl/N-ethyl adjacent to an activating group) is 1. The van der Waals surface area contributed by atoms with Crippen LogP contribution in [0.2, 0.25) is 0 Å². The molecule has 3 nitrogen and oxygen atoms in total. The molecule has 1 unspecified atom stereocenters. The van der Waals surface area contributed by atoms with E-state index in [0.717, 1.165) is 13.1 Å². The second-order valence-corrected chi connectivity index (χ2v) is 2.70. The second-order valence-electron chi connectivity index (χ2n) is 2.70. The highest BCUT2D eigenvalue weighted by molar-refractivity contribution is 5.46. The van der Waals surface area contributed by atoms with Crippen molar-refractivity contribution in [2.75, 3.05) is 27.2 Å². The Hall–Kier alpha value is -0.630. The van der Waals surface area contributed by atoms with Gasteiger partial charge in [-0.1, -0.05) is 0 Å². The Kier molecular flexibility index (Phi) is 2.22. The summed E-state index contributed by atoms with van der Waals surface area (Å²) in [4.78, 5) is 14.2. The summed E-state index contributed by atoms with van der Waals surface area (Å²) >= 11 is 0. The molecule has 0 radical (unpaired) electrons. The van der Waals surface area contributed by atoms with Crippen molar-refractivity contribution in [2.24, 2.45) is 0 Å². The molecule has 0 bridgehead atoms. The van der Waals surface area contributed by atoms with Gasteiger partial charge in [0.2, 0.25) is 0 Å². The van der Waals surface area contributed by atoms with Crippen LogP contribution in [0.1, 0.15) is 0 Å². The molecule has 1 rings (SSSR count). The first-order valence-corrected chi connectivity index (χ1v) is 3.37. The fraction of sp³-hybridized carbons (Fsp3) is 0.714. The molecule has 1 aliphatic rings. The van der Waals surface area contributed by atoms with Crippen molar-refractivity contribution in [3.05, 3.63) is 6.08 Å². The molecule has 0 saturated carbocycles. The summed E-state index contributed by atoms with van der Waals surface area (Å²) in [7, 11) is 3.91. The van der Waals surface area contributed by atoms with E-state index in [2.05, 4.69) is 4.90 Å². The maximum absolute atomic E-state index is 10.0. The lowest BCUT2D eigenvalue weighted by Gasteiger charge is -2.19. The van der Waals surface area contributed by atoms with Crippen LogP contribution in [0.4, 0.5) is 0 Å². The summed E-state index contributed by atoms with van der Waals surface area (Å²) < 4.78 is 0. The van der Waals surface area contributed by atoms with Gasteiger partial charge in [-0.15, -0.1) is 0 Å². The van der Waals surface area contributed by atoms with E-state index in [4.69, 9.17) is 0 Å². The molecule has 1 aliphatic heterocycles. The Morgan fingerprint density at radius 3 is 2.50 bits per heavy atom. The summed E-state index contributed by atoms with van der Waals surface area (Å²) in [6.45, 7) is 2.20. The minimum atomic E-state index is 0.164. The van der Waals surface area contributed by atoms with Gasteiger partial charge in [0.1, 0.15) is 5.94 Å². The monoisotopic (exact) mass is 140 g/mol. The Balaban J connectivity index is 2.49. The lowest BCUT2D eigenvalue weighted by Crippen LogP contribution is -2.33. The summed E-state index contributed by atoms with van der Waals surface area (Å²) in [6, 6.07) is 0. The van der Waals surface area contributed by atoms with Gasteiger partial charge in [0.05, 0.1) is 6.17 Å². The van der Waals surface area contributed by atoms with E-state index in [-0.39, 0.29) is 6.17 Å². The highest BCUT2D eigenvalue weighted by Crippen LogP contribution is 2.12. The predicted molar refractivity (Wildman–Crippen MR) is 39.3 cm³/mol. The van der Waals surface area contributed by atoms with Crippen LogP contribution in [-0.4, -0.2) is 49.1 Å². The van der Waals surface area contributed by atoms with E-state index in [9.17, 15) is 4.79 Å². The molecule has 0 aromatic heterocycles. The maximum atomic E-state index is 10.0. The lowest BCUT2D eigenvalue weighted by atomic mass is 10.4. The zero-order chi connectivity index (χ0) is 7.56. The van der Waals surface area contributed by atoms with Crippen molar-refractivity contribution in [1.82, 2.24) is 9.80 Å². The summed E-state index contributed by atoms with van der Waals surface area (Å²) in [5.41, 5.74) is 0. The fourth-order valence-corrected chi connectivity index (χ4v) is 0.964. The third-order valence-electron chi connectivity index (χ3n) is 1.60. The minimum absolute atomic E-state index is 0.164. The minimum Gasteiger partial charge on any atom is -0.290 e. The van der Waals surface area contributed by atoms with Gasteiger partial charge in [0.25, 0.3) is 0 Å². The Morgan fingerprint density at radius 1 is 1.60 bits per heavy atom. The topological polar surface area (TPSA) is 23.3 Å². The standard InChI is InChI=1S/C7H12N2O/c1-8(2)7(3-6-10)9-4-5-9/h3,7H,4-5H2,1-2H3. The quantitative estimate of drug-likeness (QED) is 0.393. The van der Waals surface area contributed by atoms with Crippen LogP contribution in [-0.2, 0) is 4.79 Å². The van der Waals surface area contributed by atoms with Gasteiger partial charge in [-0.25, -0.2) is 4.79 Å². The van der Waals surface area contributed by atoms with E-state index < -0.39 is 0 Å². The molecular weight excluding hydrogens is 128 g/mol. The molecule has 0 N–H and O–H groups in total. The number of hydrogen-bond donors (Lipinski definition) is 0. The molecule has 0 aliphatic carbocycles. The first-order chi connectivity index (χ1) is 4.75. The molecule has 0 amide bonds. The SMILES string of the molecule is CN(C)C(C=C=O)N1CC1. The molecule has 3 heteroatoms. The van der Waals surface area contributed by atoms with Crippen molar-refractivity contribution in [2.45, 2.75) is 6.17 Å². The molecule has 56 valence electrons. The largest absolute Gasteiger partial charge is 0.290 e. The van der Waals surface area contributed by atoms with Crippen molar-refractivity contribution in [3.63, 3.8) is 0 Å². The predicted octanol–water partition coefficient (Wildman–Crippen LogP) is -0.423. The number of carbonyl (C=O) groups excluding carboxylic acids is 1. The molecule has 0 aromatic rings. The summed E-state index contributed by atoms with van der Waals surface area (Å²) in [5.74, 6) is 1.81. The van der Waals surface area contributed by atoms with Crippen molar-refractivity contribution < 1.29 is 4.79 Å². The van der Waals surface area contributed by atoms with Crippen LogP contribution in [0.3, 0.4) is 0 Å².